The lowest BCUT2D eigenvalue weighted by molar-refractivity contribution is 0.415. The molecule has 0 aliphatic carbocycles. The van der Waals surface area contributed by atoms with Gasteiger partial charge in [-0.05, 0) is 54.6 Å². The van der Waals surface area contributed by atoms with Crippen LogP contribution in [-0.2, 0) is 33.2 Å². The number of nitrogens with zero attached hydrogens (tertiary/aromatic N) is 19. The molecular formula is C52H48N30O3. The zero-order valence-electron chi connectivity index (χ0n) is 44.8. The monoisotopic (exact) mass is 1140 g/mol. The maximum absolute atomic E-state index is 8.85. The number of H-pyrrole nitrogens is 6. The molecule has 14 heterocycles. The third-order valence-electron chi connectivity index (χ3n) is 12.0. The number of benzene rings is 1. The average Bonchev–Trinajstić information content (AvgIpc) is 4.57. The molecule has 0 radical (unpaired) electrons. The Morgan fingerprint density at radius 3 is 1.72 bits per heavy atom. The second kappa shape index (κ2) is 26.5. The largest absolute Gasteiger partial charge is 0.497 e. The van der Waals surface area contributed by atoms with Gasteiger partial charge in [0.15, 0.2) is 57.3 Å². The van der Waals surface area contributed by atoms with Crippen LogP contribution in [0.2, 0.25) is 0 Å². The zero-order valence-corrected chi connectivity index (χ0v) is 44.8. The van der Waals surface area contributed by atoms with Crippen molar-refractivity contribution in [2.24, 2.45) is 7.05 Å². The Hall–Kier alpha value is -12.8. The van der Waals surface area contributed by atoms with Gasteiger partial charge in [-0.1, -0.05) is 11.3 Å². The Morgan fingerprint density at radius 2 is 1.13 bits per heavy atom. The molecule has 85 heavy (non-hydrogen) atoms. The topological polar surface area (TPSA) is 438 Å². The molecule has 11 N–H and O–H groups in total. The van der Waals surface area contributed by atoms with Gasteiger partial charge in [-0.25, -0.2) is 59.8 Å². The van der Waals surface area contributed by atoms with E-state index in [9.17, 15) is 0 Å². The van der Waals surface area contributed by atoms with Gasteiger partial charge >= 0.3 is 0 Å². The standard InChI is InChI=1S/C12H11N5O.C11H8N6O.C11H12N6.C11H10N4O.C7H7N9/c1-18-9-4-2-3-8(5-9)17-12-10-11(14-6-13-10)15-7-16-12;12-4-8-16-10(9-11(17-8)15-6-14-9)13-5-7-2-1-3-18-7;1-17-4-2-3-8(17)5-12-10-9-11(14-6-13-9)16-7-15-10;1-2-8(16-5-1)6-13-9-3-4-12-11-10(9)14-7-15-11;1(4-13-15-16-14-4)8-6-5-7(10-2-9-5)12-3-11-6/h2-7H,1H3,(H2,13,14,15,16,17);1-3,6H,5H2,(H2,13,14,15,16,17);2-4,6-7H,5H2,1H3,(H2,12,13,14,15,16);1-5,7H,6H2,(H2,12,13,14,15);2-3H,1H2,(H,13,14,15,16)(H2,8,9,10,11,12). The molecule has 0 saturated carbocycles. The normalized spacial score (nSPS) is 10.6. The Bertz CT molecular complexity index is 4430. The van der Waals surface area contributed by atoms with E-state index < -0.39 is 0 Å². The minimum absolute atomic E-state index is 0.0801. The number of nitriles is 1. The number of methoxy groups -OCH3 is 1. The van der Waals surface area contributed by atoms with Crippen molar-refractivity contribution in [3.63, 3.8) is 0 Å². The summed E-state index contributed by atoms with van der Waals surface area (Å²) >= 11 is 0. The number of aromatic nitrogens is 24. The van der Waals surface area contributed by atoms with Gasteiger partial charge in [-0.2, -0.15) is 20.4 Å². The first-order valence-corrected chi connectivity index (χ1v) is 25.5. The van der Waals surface area contributed by atoms with E-state index in [0.29, 0.717) is 83.2 Å². The van der Waals surface area contributed by atoms with E-state index in [-0.39, 0.29) is 5.82 Å². The summed E-state index contributed by atoms with van der Waals surface area (Å²) in [5.74, 6) is 5.75. The van der Waals surface area contributed by atoms with Crippen LogP contribution in [0, 0.1) is 11.3 Å². The van der Waals surface area contributed by atoms with Crippen LogP contribution in [0.15, 0.2) is 151 Å². The predicted octanol–water partition coefficient (Wildman–Crippen LogP) is 6.48. The number of pyridine rings is 1. The minimum atomic E-state index is 0.0801. The van der Waals surface area contributed by atoms with Gasteiger partial charge < -0.3 is 69.6 Å². The van der Waals surface area contributed by atoms with Crippen molar-refractivity contribution in [3.05, 3.63) is 171 Å². The van der Waals surface area contributed by atoms with Crippen molar-refractivity contribution >= 4 is 90.5 Å². The maximum Gasteiger partial charge on any atom is 0.236 e. The van der Waals surface area contributed by atoms with E-state index >= 15 is 0 Å². The zero-order chi connectivity index (χ0) is 58.0. The first kappa shape index (κ1) is 54.2. The lowest BCUT2D eigenvalue weighted by Gasteiger charge is -2.07. The quantitative estimate of drug-likeness (QED) is 0.0523. The molecule has 33 heteroatoms. The average molecular weight is 1140 g/mol. The number of aromatic amines is 6. The summed E-state index contributed by atoms with van der Waals surface area (Å²) in [6.07, 6.45) is 19.4. The Kier molecular flexibility index (Phi) is 16.9. The predicted molar refractivity (Wildman–Crippen MR) is 308 cm³/mol. The molecule has 0 spiro atoms. The third-order valence-corrected chi connectivity index (χ3v) is 12.0. The molecule has 0 atom stereocenters. The molecule has 33 nitrogen and oxygen atoms in total. The first-order valence-electron chi connectivity index (χ1n) is 25.5. The Morgan fingerprint density at radius 1 is 0.553 bits per heavy atom. The number of hydrogen-bond acceptors (Lipinski definition) is 26. The molecule has 14 aromatic heterocycles. The second-order valence-electron chi connectivity index (χ2n) is 17.4. The highest BCUT2D eigenvalue weighted by Gasteiger charge is 2.12. The Balaban J connectivity index is 0.000000111. The highest BCUT2D eigenvalue weighted by molar-refractivity contribution is 5.86. The molecule has 0 fully saturated rings. The summed E-state index contributed by atoms with van der Waals surface area (Å²) < 4.78 is 17.7. The number of imidazole rings is 5. The van der Waals surface area contributed by atoms with E-state index in [0.717, 1.165) is 56.5 Å². The van der Waals surface area contributed by atoms with E-state index in [1.807, 2.05) is 80.0 Å². The van der Waals surface area contributed by atoms with E-state index in [1.165, 1.54) is 31.0 Å². The molecule has 1 aromatic carbocycles. The number of nitrogens with one attached hydrogen (secondary N) is 11. The fourth-order valence-corrected chi connectivity index (χ4v) is 7.96. The summed E-state index contributed by atoms with van der Waals surface area (Å²) in [6, 6.07) is 23.0. The number of tetrazole rings is 1. The molecule has 0 bridgehead atoms. The fourth-order valence-electron chi connectivity index (χ4n) is 7.96. The summed E-state index contributed by atoms with van der Waals surface area (Å²) in [6.45, 7) is 2.27. The second-order valence-corrected chi connectivity index (χ2v) is 17.4. The number of hydrogen-bond donors (Lipinski definition) is 11. The number of furan rings is 2. The smallest absolute Gasteiger partial charge is 0.236 e. The molecule has 15 aromatic rings. The van der Waals surface area contributed by atoms with Crippen LogP contribution in [0.1, 0.15) is 28.9 Å². The number of ether oxygens (including phenoxy) is 1. The van der Waals surface area contributed by atoms with Crippen molar-refractivity contribution in [3.8, 4) is 11.8 Å². The summed E-state index contributed by atoms with van der Waals surface area (Å²) in [7, 11) is 3.65. The molecule has 15 rings (SSSR count). The van der Waals surface area contributed by atoms with Crippen LogP contribution >= 0.6 is 0 Å². The van der Waals surface area contributed by atoms with Crippen LogP contribution in [-0.4, -0.2) is 127 Å². The molecule has 0 saturated heterocycles. The first-order chi connectivity index (χ1) is 41.9. The molecular weight excluding hydrogens is 1090 g/mol. The van der Waals surface area contributed by atoms with Crippen LogP contribution in [0.5, 0.6) is 5.75 Å². The van der Waals surface area contributed by atoms with Gasteiger partial charge in [0.05, 0.1) is 83.1 Å². The van der Waals surface area contributed by atoms with Crippen LogP contribution < -0.4 is 31.3 Å². The minimum Gasteiger partial charge on any atom is -0.497 e. The van der Waals surface area contributed by atoms with Crippen molar-refractivity contribution < 1.29 is 13.6 Å². The van der Waals surface area contributed by atoms with Gasteiger partial charge in [-0.15, -0.1) is 10.2 Å². The van der Waals surface area contributed by atoms with Gasteiger partial charge in [0.25, 0.3) is 0 Å². The molecule has 0 amide bonds. The molecule has 0 aliphatic heterocycles. The van der Waals surface area contributed by atoms with E-state index in [2.05, 4.69) is 153 Å². The highest BCUT2D eigenvalue weighted by Crippen LogP contribution is 2.24. The van der Waals surface area contributed by atoms with Crippen molar-refractivity contribution in [2.45, 2.75) is 26.2 Å². The summed E-state index contributed by atoms with van der Waals surface area (Å²) in [5.41, 5.74) is 10.1. The number of rotatable bonds is 15. The van der Waals surface area contributed by atoms with Crippen LogP contribution in [0.25, 0.3) is 55.8 Å². The van der Waals surface area contributed by atoms with Gasteiger partial charge in [0.2, 0.25) is 5.82 Å². The van der Waals surface area contributed by atoms with E-state index in [4.69, 9.17) is 18.8 Å². The van der Waals surface area contributed by atoms with E-state index in [1.54, 1.807) is 51.1 Å². The van der Waals surface area contributed by atoms with Gasteiger partial charge in [0.1, 0.15) is 69.9 Å². The molecule has 424 valence electrons. The molecule has 0 unspecified atom stereocenters. The Labute approximate surface area is 477 Å². The van der Waals surface area contributed by atoms with Crippen molar-refractivity contribution in [1.29, 1.82) is 5.26 Å². The maximum atomic E-state index is 8.85. The molecule has 0 aliphatic rings. The van der Waals surface area contributed by atoms with Gasteiger partial charge in [-0.3, -0.25) is 0 Å². The summed E-state index contributed by atoms with van der Waals surface area (Å²) in [4.78, 5) is 72.1. The lowest BCUT2D eigenvalue weighted by Crippen LogP contribution is -2.05. The number of anilines is 6. The third kappa shape index (κ3) is 13.6. The van der Waals surface area contributed by atoms with Crippen molar-refractivity contribution in [1.82, 2.24) is 120 Å². The lowest BCUT2D eigenvalue weighted by atomic mass is 10.3. The fraction of sp³-hybridized carbons (Fsp3) is 0.115. The van der Waals surface area contributed by atoms with Gasteiger partial charge in [0, 0.05) is 36.9 Å². The van der Waals surface area contributed by atoms with Crippen LogP contribution in [0.4, 0.5) is 34.6 Å². The number of fused-ring (bicyclic) bond motifs is 5. The number of aryl methyl sites for hydroxylation is 1. The highest BCUT2D eigenvalue weighted by atomic mass is 16.5. The summed E-state index contributed by atoms with van der Waals surface area (Å²) in [5, 5.41) is 38.2. The SMILES string of the molecule is COc1cccc(Nc2ncnc3nc[nH]c23)c1.Cn1cccc1CNc1ncnc2nc[nH]c12.N#Cc1nc(NCc2ccco2)c2[nH]cnc2n1.c1coc(CNc2ccnc3nc[nH]c23)c1.c1nc(NCc2nn[nH]n2)c2[nH]cnc2n1. The van der Waals surface area contributed by atoms with Crippen LogP contribution in [0.3, 0.4) is 0 Å². The van der Waals surface area contributed by atoms with Crippen molar-refractivity contribution in [2.75, 3.05) is 33.7 Å².